The second kappa shape index (κ2) is 12.0. The van der Waals surface area contributed by atoms with Crippen molar-refractivity contribution in [3.05, 3.63) is 85.1 Å². The molecule has 0 radical (unpaired) electrons. The smallest absolute Gasteiger partial charge is 0.302 e. The Labute approximate surface area is 233 Å². The van der Waals surface area contributed by atoms with E-state index in [1.165, 1.54) is 18.7 Å². The van der Waals surface area contributed by atoms with Gasteiger partial charge < -0.3 is 25.2 Å². The third-order valence-electron chi connectivity index (χ3n) is 6.87. The van der Waals surface area contributed by atoms with Crippen molar-refractivity contribution in [2.24, 2.45) is 0 Å². The Morgan fingerprint density at radius 2 is 1.80 bits per heavy atom. The minimum absolute atomic E-state index is 0.0877. The third-order valence-corrected chi connectivity index (χ3v) is 6.87. The van der Waals surface area contributed by atoms with Crippen LogP contribution in [0.3, 0.4) is 0 Å². The summed E-state index contributed by atoms with van der Waals surface area (Å²) in [6.45, 7) is 9.11. The van der Waals surface area contributed by atoms with Crippen LogP contribution in [0.1, 0.15) is 12.5 Å². The van der Waals surface area contributed by atoms with Crippen LogP contribution < -0.4 is 15.5 Å². The largest absolute Gasteiger partial charge is 0.461 e. The molecule has 1 saturated heterocycles. The molecule has 2 heterocycles. The number of nitrogens with one attached hydrogen (secondary N) is 2. The molecule has 4 aromatic rings. The first-order valence-corrected chi connectivity index (χ1v) is 13.2. The van der Waals surface area contributed by atoms with Crippen LogP contribution in [0.2, 0.25) is 0 Å². The number of aromatic nitrogens is 2. The number of carbonyl (C=O) groups excluding carboxylic acids is 2. The molecule has 1 amide bonds. The average Bonchev–Trinajstić information content (AvgIpc) is 2.96. The molecular weight excluding hydrogens is 504 g/mol. The van der Waals surface area contributed by atoms with Gasteiger partial charge in [-0.3, -0.25) is 9.59 Å². The maximum Gasteiger partial charge on any atom is 0.302 e. The predicted octanol–water partition coefficient (Wildman–Crippen LogP) is 4.98. The molecule has 1 aliphatic rings. The number of nitrogens with zero attached hydrogens (tertiary/aromatic N) is 4. The lowest BCUT2D eigenvalue weighted by atomic mass is 9.96. The zero-order chi connectivity index (χ0) is 28.1. The highest BCUT2D eigenvalue weighted by Gasteiger charge is 2.16. The molecule has 2 N–H and O–H groups in total. The molecule has 40 heavy (non-hydrogen) atoms. The molecule has 1 aliphatic heterocycles. The number of carbonyl (C=O) groups is 2. The molecule has 1 aromatic heterocycles. The van der Waals surface area contributed by atoms with E-state index >= 15 is 0 Å². The number of anilines is 4. The number of ether oxygens (including phenoxy) is 1. The summed E-state index contributed by atoms with van der Waals surface area (Å²) in [5, 5.41) is 6.96. The quantitative estimate of drug-likeness (QED) is 0.240. The van der Waals surface area contributed by atoms with Crippen molar-refractivity contribution in [1.82, 2.24) is 14.9 Å². The van der Waals surface area contributed by atoms with E-state index in [2.05, 4.69) is 51.2 Å². The van der Waals surface area contributed by atoms with Crippen molar-refractivity contribution < 1.29 is 14.3 Å². The molecule has 9 nitrogen and oxygen atoms in total. The molecule has 0 aliphatic carbocycles. The number of amides is 1. The lowest BCUT2D eigenvalue weighted by molar-refractivity contribution is -0.142. The normalized spacial score (nSPS) is 13.6. The highest BCUT2D eigenvalue weighted by Crippen LogP contribution is 2.34. The molecule has 5 rings (SSSR count). The van der Waals surface area contributed by atoms with Crippen molar-refractivity contribution >= 4 is 45.8 Å². The number of likely N-dealkylation sites (N-methyl/N-ethyl adjacent to an activating group) is 1. The molecule has 3 aromatic carbocycles. The number of esters is 1. The number of hydrogen-bond acceptors (Lipinski definition) is 8. The molecule has 0 bridgehead atoms. The number of benzene rings is 3. The maximum atomic E-state index is 11.9. The van der Waals surface area contributed by atoms with E-state index in [0.717, 1.165) is 53.9 Å². The van der Waals surface area contributed by atoms with Gasteiger partial charge in [0.2, 0.25) is 11.9 Å². The van der Waals surface area contributed by atoms with Gasteiger partial charge in [0.25, 0.3) is 0 Å². The second-order valence-electron chi connectivity index (χ2n) is 9.75. The van der Waals surface area contributed by atoms with Gasteiger partial charge in [-0.05, 0) is 60.6 Å². The molecule has 0 atom stereocenters. The van der Waals surface area contributed by atoms with E-state index in [4.69, 9.17) is 9.72 Å². The van der Waals surface area contributed by atoms with E-state index < -0.39 is 0 Å². The van der Waals surface area contributed by atoms with Crippen molar-refractivity contribution in [2.75, 3.05) is 48.8 Å². The second-order valence-corrected chi connectivity index (χ2v) is 9.75. The molecule has 204 valence electrons. The third kappa shape index (κ3) is 6.27. The van der Waals surface area contributed by atoms with E-state index in [9.17, 15) is 9.59 Å². The molecule has 0 spiro atoms. The summed E-state index contributed by atoms with van der Waals surface area (Å²) in [4.78, 5) is 37.7. The number of piperazine rings is 1. The fourth-order valence-corrected chi connectivity index (χ4v) is 4.72. The predicted molar refractivity (Wildman–Crippen MR) is 159 cm³/mol. The van der Waals surface area contributed by atoms with Crippen molar-refractivity contribution in [3.8, 4) is 11.1 Å². The molecular formula is C31H32N6O3. The van der Waals surface area contributed by atoms with Crippen LogP contribution in [0.5, 0.6) is 0 Å². The number of fused-ring (bicyclic) bond motifs is 1. The highest BCUT2D eigenvalue weighted by molar-refractivity contribution is 6.00. The first kappa shape index (κ1) is 26.8. The van der Waals surface area contributed by atoms with Crippen LogP contribution in [-0.2, 0) is 20.9 Å². The van der Waals surface area contributed by atoms with Crippen LogP contribution in [0.15, 0.2) is 79.5 Å². The van der Waals surface area contributed by atoms with Crippen molar-refractivity contribution in [3.63, 3.8) is 0 Å². The van der Waals surface area contributed by atoms with Crippen LogP contribution in [0.25, 0.3) is 22.0 Å². The summed E-state index contributed by atoms with van der Waals surface area (Å²) in [5.74, 6) is -0.229. The van der Waals surface area contributed by atoms with Crippen LogP contribution >= 0.6 is 0 Å². The Balaban J connectivity index is 1.48. The fraction of sp³-hybridized carbons (Fsp3) is 0.226. The number of rotatable bonds is 8. The van der Waals surface area contributed by atoms with Crippen molar-refractivity contribution in [2.45, 2.75) is 13.5 Å². The van der Waals surface area contributed by atoms with Crippen LogP contribution in [0.4, 0.5) is 23.0 Å². The first-order valence-electron chi connectivity index (χ1n) is 13.2. The van der Waals surface area contributed by atoms with Crippen LogP contribution in [-0.4, -0.2) is 60.0 Å². The summed E-state index contributed by atoms with van der Waals surface area (Å²) in [5.41, 5.74) is 5.79. The zero-order valence-electron chi connectivity index (χ0n) is 22.7. The van der Waals surface area contributed by atoms with E-state index in [-0.39, 0.29) is 18.5 Å². The minimum Gasteiger partial charge on any atom is -0.461 e. The Kier molecular flexibility index (Phi) is 8.02. The van der Waals surface area contributed by atoms with E-state index in [0.29, 0.717) is 17.2 Å². The van der Waals surface area contributed by atoms with Gasteiger partial charge in [0.15, 0.2) is 0 Å². The summed E-state index contributed by atoms with van der Waals surface area (Å²) < 4.78 is 5.36. The average molecular weight is 537 g/mol. The summed E-state index contributed by atoms with van der Waals surface area (Å²) in [6, 6.07) is 19.6. The molecule has 1 fully saturated rings. The van der Waals surface area contributed by atoms with Gasteiger partial charge in [0.05, 0.1) is 5.52 Å². The van der Waals surface area contributed by atoms with E-state index in [1.54, 1.807) is 12.3 Å². The zero-order valence-corrected chi connectivity index (χ0v) is 22.7. The molecule has 0 saturated carbocycles. The van der Waals surface area contributed by atoms with Gasteiger partial charge in [-0.25, -0.2) is 9.97 Å². The standard InChI is InChI=1S/C31H32N6O3/c1-4-28(39)33-26-7-5-6-22(18-26)29-24(20-40-21(2)38)9-8-23-19-32-31(35-30(23)29)34-25-10-12-27(13-11-25)37-16-14-36(3)15-17-37/h4-13,18-19H,1,14-17,20H2,2-3H3,(H,33,39)(H,32,34,35). The van der Waals surface area contributed by atoms with Gasteiger partial charge in [0, 0.05) is 67.3 Å². The Morgan fingerprint density at radius 3 is 2.52 bits per heavy atom. The topological polar surface area (TPSA) is 99.7 Å². The monoisotopic (exact) mass is 536 g/mol. The Morgan fingerprint density at radius 1 is 1.02 bits per heavy atom. The fourth-order valence-electron chi connectivity index (χ4n) is 4.72. The Bertz CT molecular complexity index is 1550. The van der Waals surface area contributed by atoms with Crippen molar-refractivity contribution in [1.29, 1.82) is 0 Å². The summed E-state index contributed by atoms with van der Waals surface area (Å²) in [6.07, 6.45) is 2.99. The summed E-state index contributed by atoms with van der Waals surface area (Å²) >= 11 is 0. The lowest BCUT2D eigenvalue weighted by Gasteiger charge is -2.34. The van der Waals surface area contributed by atoms with Gasteiger partial charge in [-0.2, -0.15) is 0 Å². The van der Waals surface area contributed by atoms with Gasteiger partial charge in [-0.15, -0.1) is 0 Å². The Hall–Kier alpha value is -4.76. The van der Waals surface area contributed by atoms with E-state index in [1.807, 2.05) is 42.5 Å². The molecule has 0 unspecified atom stereocenters. The first-order chi connectivity index (χ1) is 19.4. The maximum absolute atomic E-state index is 11.9. The lowest BCUT2D eigenvalue weighted by Crippen LogP contribution is -2.44. The highest BCUT2D eigenvalue weighted by atomic mass is 16.5. The van der Waals surface area contributed by atoms with Gasteiger partial charge in [-0.1, -0.05) is 30.8 Å². The van der Waals surface area contributed by atoms with Gasteiger partial charge in [0.1, 0.15) is 6.61 Å². The van der Waals surface area contributed by atoms with Crippen LogP contribution in [0, 0.1) is 0 Å². The SMILES string of the molecule is C=CC(=O)Nc1cccc(-c2c(COC(C)=O)ccc3cnc(Nc4ccc(N5CCN(C)CC5)cc4)nc23)c1. The summed E-state index contributed by atoms with van der Waals surface area (Å²) in [7, 11) is 2.15. The minimum atomic E-state index is -0.372. The molecule has 9 heteroatoms. The number of hydrogen-bond donors (Lipinski definition) is 2. The van der Waals surface area contributed by atoms with Gasteiger partial charge >= 0.3 is 5.97 Å².